The van der Waals surface area contributed by atoms with E-state index in [9.17, 15) is 9.59 Å². The van der Waals surface area contributed by atoms with Gasteiger partial charge in [0, 0.05) is 13.5 Å². The molecule has 2 fully saturated rings. The summed E-state index contributed by atoms with van der Waals surface area (Å²) in [7, 11) is 0. The van der Waals surface area contributed by atoms with Crippen molar-refractivity contribution in [2.75, 3.05) is 6.54 Å². The summed E-state index contributed by atoms with van der Waals surface area (Å²) in [5.41, 5.74) is 0.120. The summed E-state index contributed by atoms with van der Waals surface area (Å²) in [5, 5.41) is 9.08. The maximum atomic E-state index is 11.4. The van der Waals surface area contributed by atoms with Gasteiger partial charge in [0.05, 0.1) is 0 Å². The van der Waals surface area contributed by atoms with Crippen molar-refractivity contribution in [1.82, 2.24) is 4.90 Å². The first-order valence-electron chi connectivity index (χ1n) is 5.54. The average Bonchev–Trinajstić information content (AvgIpc) is 2.74. The molecule has 0 aromatic carbocycles. The fourth-order valence-corrected chi connectivity index (χ4v) is 3.10. The first-order chi connectivity index (χ1) is 7.04. The maximum Gasteiger partial charge on any atom is 0.326 e. The van der Waals surface area contributed by atoms with Gasteiger partial charge in [0.15, 0.2) is 0 Å². The standard InChI is InChI=1S/C11H17NO3/c1-8(13)12-7-11(4-2-3-5-11)6-9(12)10(14)15/h9H,2-7H2,1H3,(H,14,15). The zero-order valence-electron chi connectivity index (χ0n) is 9.03. The Balaban J connectivity index is 2.18. The van der Waals surface area contributed by atoms with Crippen LogP contribution in [0.5, 0.6) is 0 Å². The predicted molar refractivity (Wildman–Crippen MR) is 54.3 cm³/mol. The summed E-state index contributed by atoms with van der Waals surface area (Å²) in [6, 6.07) is -0.583. The van der Waals surface area contributed by atoms with Gasteiger partial charge in [-0.3, -0.25) is 4.79 Å². The summed E-state index contributed by atoms with van der Waals surface area (Å²) in [4.78, 5) is 24.0. The van der Waals surface area contributed by atoms with Crippen LogP contribution >= 0.6 is 0 Å². The molecule has 2 aliphatic rings. The lowest BCUT2D eigenvalue weighted by Gasteiger charge is -2.22. The smallest absolute Gasteiger partial charge is 0.326 e. The van der Waals surface area contributed by atoms with Crippen molar-refractivity contribution >= 4 is 11.9 Å². The highest BCUT2D eigenvalue weighted by atomic mass is 16.4. The molecule has 1 N–H and O–H groups in total. The Morgan fingerprint density at radius 2 is 1.93 bits per heavy atom. The Labute approximate surface area is 89.3 Å². The molecule has 1 aliphatic carbocycles. The van der Waals surface area contributed by atoms with E-state index < -0.39 is 12.0 Å². The quantitative estimate of drug-likeness (QED) is 0.710. The minimum Gasteiger partial charge on any atom is -0.480 e. The van der Waals surface area contributed by atoms with E-state index in [0.717, 1.165) is 12.8 Å². The third-order valence-electron chi connectivity index (χ3n) is 3.86. The Bertz CT molecular complexity index is 270. The average molecular weight is 211 g/mol. The number of rotatable bonds is 1. The summed E-state index contributed by atoms with van der Waals surface area (Å²) in [6.07, 6.45) is 5.18. The van der Waals surface area contributed by atoms with Crippen molar-refractivity contribution in [3.63, 3.8) is 0 Å². The number of aliphatic carboxylic acids is 1. The van der Waals surface area contributed by atoms with E-state index >= 15 is 0 Å². The topological polar surface area (TPSA) is 57.6 Å². The van der Waals surface area contributed by atoms with Gasteiger partial charge in [-0.25, -0.2) is 4.79 Å². The largest absolute Gasteiger partial charge is 0.480 e. The first-order valence-corrected chi connectivity index (χ1v) is 5.54. The van der Waals surface area contributed by atoms with Gasteiger partial charge < -0.3 is 10.0 Å². The van der Waals surface area contributed by atoms with Gasteiger partial charge in [0.25, 0.3) is 0 Å². The van der Waals surface area contributed by atoms with E-state index in [1.54, 1.807) is 0 Å². The summed E-state index contributed by atoms with van der Waals surface area (Å²) in [5.74, 6) is -0.958. The Morgan fingerprint density at radius 1 is 1.33 bits per heavy atom. The lowest BCUT2D eigenvalue weighted by molar-refractivity contribution is -0.147. The van der Waals surface area contributed by atoms with Gasteiger partial charge in [0.2, 0.25) is 5.91 Å². The maximum absolute atomic E-state index is 11.4. The molecular formula is C11H17NO3. The van der Waals surface area contributed by atoms with E-state index in [1.165, 1.54) is 24.7 Å². The van der Waals surface area contributed by atoms with Crippen molar-refractivity contribution in [2.24, 2.45) is 5.41 Å². The molecule has 4 nitrogen and oxygen atoms in total. The van der Waals surface area contributed by atoms with Crippen LogP contribution < -0.4 is 0 Å². The van der Waals surface area contributed by atoms with Crippen molar-refractivity contribution < 1.29 is 14.7 Å². The predicted octanol–water partition coefficient (Wildman–Crippen LogP) is 1.25. The van der Waals surface area contributed by atoms with Crippen LogP contribution in [-0.2, 0) is 9.59 Å². The lowest BCUT2D eigenvalue weighted by atomic mass is 9.84. The molecule has 1 heterocycles. The number of hydrogen-bond acceptors (Lipinski definition) is 2. The number of nitrogens with zero attached hydrogens (tertiary/aromatic N) is 1. The molecule has 0 aromatic rings. The fourth-order valence-electron chi connectivity index (χ4n) is 3.10. The second-order valence-corrected chi connectivity index (χ2v) is 4.91. The lowest BCUT2D eigenvalue weighted by Crippen LogP contribution is -2.39. The van der Waals surface area contributed by atoms with Crippen LogP contribution in [0.1, 0.15) is 39.0 Å². The highest BCUT2D eigenvalue weighted by Crippen LogP contribution is 2.47. The molecule has 0 aromatic heterocycles. The number of likely N-dealkylation sites (tertiary alicyclic amines) is 1. The molecule has 1 atom stereocenters. The van der Waals surface area contributed by atoms with E-state index in [0.29, 0.717) is 13.0 Å². The van der Waals surface area contributed by atoms with Gasteiger partial charge in [-0.15, -0.1) is 0 Å². The Hall–Kier alpha value is -1.06. The molecule has 2 rings (SSSR count). The zero-order valence-corrected chi connectivity index (χ0v) is 9.03. The van der Waals surface area contributed by atoms with Crippen LogP contribution in [0, 0.1) is 5.41 Å². The molecule has 0 bridgehead atoms. The number of carboxylic acid groups (broad SMARTS) is 1. The minimum absolute atomic E-state index is 0.105. The zero-order chi connectivity index (χ0) is 11.1. The van der Waals surface area contributed by atoms with Crippen molar-refractivity contribution in [3.8, 4) is 0 Å². The fraction of sp³-hybridized carbons (Fsp3) is 0.818. The minimum atomic E-state index is -0.853. The molecule has 1 amide bonds. The molecule has 1 aliphatic heterocycles. The SMILES string of the molecule is CC(=O)N1CC2(CCCC2)CC1C(=O)O. The van der Waals surface area contributed by atoms with Gasteiger partial charge in [-0.05, 0) is 24.7 Å². The highest BCUT2D eigenvalue weighted by molar-refractivity contribution is 5.83. The summed E-state index contributed by atoms with van der Waals surface area (Å²) >= 11 is 0. The number of carboxylic acids is 1. The number of carbonyl (C=O) groups excluding carboxylic acids is 1. The van der Waals surface area contributed by atoms with Crippen LogP contribution in [0.15, 0.2) is 0 Å². The number of hydrogen-bond donors (Lipinski definition) is 1. The third kappa shape index (κ3) is 1.73. The van der Waals surface area contributed by atoms with Gasteiger partial charge in [-0.2, -0.15) is 0 Å². The van der Waals surface area contributed by atoms with Crippen LogP contribution in [0.2, 0.25) is 0 Å². The van der Waals surface area contributed by atoms with Crippen LogP contribution in [-0.4, -0.2) is 34.5 Å². The second kappa shape index (κ2) is 3.51. The van der Waals surface area contributed by atoms with Crippen LogP contribution in [0.25, 0.3) is 0 Å². The normalized spacial score (nSPS) is 28.6. The highest BCUT2D eigenvalue weighted by Gasteiger charge is 2.48. The molecule has 0 radical (unpaired) electrons. The monoisotopic (exact) mass is 211 g/mol. The van der Waals surface area contributed by atoms with Gasteiger partial charge >= 0.3 is 5.97 Å². The van der Waals surface area contributed by atoms with E-state index in [4.69, 9.17) is 5.11 Å². The molecule has 84 valence electrons. The number of amides is 1. The third-order valence-corrected chi connectivity index (χ3v) is 3.86. The first kappa shape index (κ1) is 10.5. The molecule has 1 spiro atoms. The Kier molecular flexibility index (Phi) is 2.44. The van der Waals surface area contributed by atoms with E-state index in [-0.39, 0.29) is 11.3 Å². The molecular weight excluding hydrogens is 194 g/mol. The summed E-state index contributed by atoms with van der Waals surface area (Å²) in [6.45, 7) is 2.11. The molecule has 15 heavy (non-hydrogen) atoms. The summed E-state index contributed by atoms with van der Waals surface area (Å²) < 4.78 is 0. The van der Waals surface area contributed by atoms with E-state index in [1.807, 2.05) is 0 Å². The Morgan fingerprint density at radius 3 is 2.33 bits per heavy atom. The van der Waals surface area contributed by atoms with Crippen molar-refractivity contribution in [2.45, 2.75) is 45.1 Å². The molecule has 1 unspecified atom stereocenters. The number of carbonyl (C=O) groups is 2. The molecule has 4 heteroatoms. The van der Waals surface area contributed by atoms with Gasteiger partial charge in [0.1, 0.15) is 6.04 Å². The van der Waals surface area contributed by atoms with E-state index in [2.05, 4.69) is 0 Å². The van der Waals surface area contributed by atoms with Crippen LogP contribution in [0.3, 0.4) is 0 Å². The molecule has 1 saturated heterocycles. The van der Waals surface area contributed by atoms with Crippen molar-refractivity contribution in [3.05, 3.63) is 0 Å². The van der Waals surface area contributed by atoms with Gasteiger partial charge in [-0.1, -0.05) is 12.8 Å². The van der Waals surface area contributed by atoms with Crippen LogP contribution in [0.4, 0.5) is 0 Å². The molecule has 1 saturated carbocycles. The second-order valence-electron chi connectivity index (χ2n) is 4.91. The van der Waals surface area contributed by atoms with Crippen molar-refractivity contribution in [1.29, 1.82) is 0 Å².